The Morgan fingerprint density at radius 1 is 1.18 bits per heavy atom. The lowest BCUT2D eigenvalue weighted by Gasteiger charge is -2.13. The number of carbonyl (C=O) groups is 3. The molecule has 0 heterocycles. The molecule has 0 aromatic heterocycles. The van der Waals surface area contributed by atoms with E-state index in [2.05, 4.69) is 10.1 Å². The minimum atomic E-state index is -1.26. The summed E-state index contributed by atoms with van der Waals surface area (Å²) in [6.07, 6.45) is 0. The summed E-state index contributed by atoms with van der Waals surface area (Å²) in [7, 11) is 1.16. The molecule has 1 N–H and O–H groups in total. The van der Waals surface area contributed by atoms with E-state index >= 15 is 0 Å². The third-order valence-electron chi connectivity index (χ3n) is 2.15. The molecule has 1 atom stereocenters. The molecule has 0 aliphatic rings. The smallest absolute Gasteiger partial charge is 0.336 e. The predicted octanol–water partition coefficient (Wildman–Crippen LogP) is 0.547. The Morgan fingerprint density at radius 3 is 2.24 bits per heavy atom. The Hall–Kier alpha value is -2.17. The van der Waals surface area contributed by atoms with Gasteiger partial charge in [0, 0.05) is 5.56 Å². The molecule has 0 aliphatic heterocycles. The number of ether oxygens (including phenoxy) is 1. The average Bonchev–Trinajstić information content (AvgIpc) is 2.35. The van der Waals surface area contributed by atoms with Gasteiger partial charge in [0.15, 0.2) is 11.8 Å². The fraction of sp³-hybridized carbons (Fsp3) is 0.250. The maximum absolute atomic E-state index is 11.7. The highest BCUT2D eigenvalue weighted by atomic mass is 16.5. The molecule has 0 bridgehead atoms. The van der Waals surface area contributed by atoms with Gasteiger partial charge in [0.2, 0.25) is 0 Å². The third-order valence-corrected chi connectivity index (χ3v) is 2.15. The molecule has 0 spiro atoms. The van der Waals surface area contributed by atoms with E-state index in [1.165, 1.54) is 6.92 Å². The monoisotopic (exact) mass is 235 g/mol. The van der Waals surface area contributed by atoms with Gasteiger partial charge in [0.25, 0.3) is 5.91 Å². The highest BCUT2D eigenvalue weighted by molar-refractivity contribution is 6.07. The van der Waals surface area contributed by atoms with Gasteiger partial charge in [-0.15, -0.1) is 0 Å². The van der Waals surface area contributed by atoms with E-state index in [-0.39, 0.29) is 0 Å². The molecule has 0 radical (unpaired) electrons. The first-order valence-corrected chi connectivity index (χ1v) is 5.00. The number of carbonyl (C=O) groups excluding carboxylic acids is 3. The van der Waals surface area contributed by atoms with Gasteiger partial charge in [0.05, 0.1) is 7.11 Å². The number of Topliss-reactive ketones (excluding diaryl/α,β-unsaturated/α-hetero) is 1. The van der Waals surface area contributed by atoms with Crippen molar-refractivity contribution in [3.63, 3.8) is 0 Å². The number of nitrogens with one attached hydrogen (secondary N) is 1. The van der Waals surface area contributed by atoms with Gasteiger partial charge in [0.1, 0.15) is 0 Å². The summed E-state index contributed by atoms with van der Waals surface area (Å²) in [6, 6.07) is 7.06. The van der Waals surface area contributed by atoms with Crippen LogP contribution in [0.5, 0.6) is 0 Å². The second-order valence-electron chi connectivity index (χ2n) is 3.41. The molecule has 1 aromatic carbocycles. The van der Waals surface area contributed by atoms with Crippen LogP contribution in [0.2, 0.25) is 0 Å². The summed E-state index contributed by atoms with van der Waals surface area (Å²) >= 11 is 0. The Labute approximate surface area is 98.8 Å². The molecule has 1 aromatic rings. The van der Waals surface area contributed by atoms with Gasteiger partial charge < -0.3 is 10.1 Å². The van der Waals surface area contributed by atoms with Gasteiger partial charge in [-0.3, -0.25) is 9.59 Å². The lowest BCUT2D eigenvalue weighted by atomic mass is 10.1. The van der Waals surface area contributed by atoms with Crippen molar-refractivity contribution in [3.8, 4) is 0 Å². The second-order valence-corrected chi connectivity index (χ2v) is 3.41. The highest BCUT2D eigenvalue weighted by Crippen LogP contribution is 2.00. The van der Waals surface area contributed by atoms with Crippen molar-refractivity contribution in [2.75, 3.05) is 7.11 Å². The number of methoxy groups -OCH3 is 1. The number of hydrogen-bond acceptors (Lipinski definition) is 4. The van der Waals surface area contributed by atoms with E-state index in [4.69, 9.17) is 0 Å². The van der Waals surface area contributed by atoms with Crippen molar-refractivity contribution in [2.45, 2.75) is 13.0 Å². The highest BCUT2D eigenvalue weighted by Gasteiger charge is 2.26. The quantitative estimate of drug-likeness (QED) is 0.611. The molecule has 5 nitrogen and oxygen atoms in total. The number of esters is 1. The van der Waals surface area contributed by atoms with Crippen molar-refractivity contribution in [1.29, 1.82) is 0 Å². The van der Waals surface area contributed by atoms with E-state index in [1.54, 1.807) is 30.3 Å². The molecule has 1 rings (SSSR count). The van der Waals surface area contributed by atoms with Gasteiger partial charge >= 0.3 is 5.97 Å². The summed E-state index contributed by atoms with van der Waals surface area (Å²) in [5.74, 6) is -1.74. The van der Waals surface area contributed by atoms with Crippen molar-refractivity contribution < 1.29 is 19.1 Å². The maximum Gasteiger partial charge on any atom is 0.336 e. The average molecular weight is 235 g/mol. The van der Waals surface area contributed by atoms with E-state index in [9.17, 15) is 14.4 Å². The molecule has 1 unspecified atom stereocenters. The van der Waals surface area contributed by atoms with E-state index < -0.39 is 23.7 Å². The zero-order chi connectivity index (χ0) is 12.8. The van der Waals surface area contributed by atoms with Gasteiger partial charge in [-0.2, -0.15) is 0 Å². The van der Waals surface area contributed by atoms with Gasteiger partial charge in [-0.1, -0.05) is 18.2 Å². The molecule has 1 amide bonds. The number of hydrogen-bond donors (Lipinski definition) is 1. The number of benzene rings is 1. The molecule has 0 fully saturated rings. The summed E-state index contributed by atoms with van der Waals surface area (Å²) in [5, 5.41) is 2.32. The topological polar surface area (TPSA) is 72.5 Å². The van der Waals surface area contributed by atoms with E-state index in [0.717, 1.165) is 7.11 Å². The van der Waals surface area contributed by atoms with Crippen LogP contribution < -0.4 is 5.32 Å². The Bertz CT molecular complexity index is 427. The Morgan fingerprint density at radius 2 is 1.76 bits per heavy atom. The maximum atomic E-state index is 11.7. The minimum Gasteiger partial charge on any atom is -0.467 e. The van der Waals surface area contributed by atoms with E-state index in [0.29, 0.717) is 5.56 Å². The molecular formula is C12H13NO4. The minimum absolute atomic E-state index is 0.377. The van der Waals surface area contributed by atoms with Crippen LogP contribution in [-0.2, 0) is 14.3 Å². The van der Waals surface area contributed by atoms with Crippen LogP contribution in [0.3, 0.4) is 0 Å². The zero-order valence-corrected chi connectivity index (χ0v) is 9.60. The fourth-order valence-electron chi connectivity index (χ4n) is 1.25. The largest absolute Gasteiger partial charge is 0.467 e. The summed E-state index contributed by atoms with van der Waals surface area (Å²) < 4.78 is 4.44. The summed E-state index contributed by atoms with van der Waals surface area (Å²) in [6.45, 7) is 1.22. The van der Waals surface area contributed by atoms with Crippen LogP contribution >= 0.6 is 0 Å². The normalized spacial score (nSPS) is 11.4. The molecule has 17 heavy (non-hydrogen) atoms. The van der Waals surface area contributed by atoms with E-state index in [1.807, 2.05) is 0 Å². The standard InChI is InChI=1S/C12H13NO4/c1-8(14)10(12(16)17-2)13-11(15)9-6-4-3-5-7-9/h3-7,10H,1-2H3,(H,13,15). The third kappa shape index (κ3) is 3.41. The van der Waals surface area contributed by atoms with Crippen molar-refractivity contribution in [1.82, 2.24) is 5.32 Å². The summed E-state index contributed by atoms with van der Waals surface area (Å²) in [4.78, 5) is 34.2. The van der Waals surface area contributed by atoms with Crippen LogP contribution in [0.25, 0.3) is 0 Å². The number of rotatable bonds is 4. The number of ketones is 1. The Balaban J connectivity index is 2.78. The predicted molar refractivity (Wildman–Crippen MR) is 60.4 cm³/mol. The Kier molecular flexibility index (Phi) is 4.39. The van der Waals surface area contributed by atoms with Crippen LogP contribution in [0.4, 0.5) is 0 Å². The molecule has 90 valence electrons. The second kappa shape index (κ2) is 5.79. The first-order valence-electron chi connectivity index (χ1n) is 5.00. The lowest BCUT2D eigenvalue weighted by molar-refractivity contribution is -0.145. The zero-order valence-electron chi connectivity index (χ0n) is 9.60. The molecular weight excluding hydrogens is 222 g/mol. The lowest BCUT2D eigenvalue weighted by Crippen LogP contribution is -2.46. The van der Waals surface area contributed by atoms with Crippen LogP contribution in [0, 0.1) is 0 Å². The van der Waals surface area contributed by atoms with Crippen molar-refractivity contribution in [2.24, 2.45) is 0 Å². The molecule has 0 aliphatic carbocycles. The first-order chi connectivity index (χ1) is 8.06. The molecule has 0 saturated heterocycles. The summed E-state index contributed by atoms with van der Waals surface area (Å²) in [5.41, 5.74) is 0.377. The SMILES string of the molecule is COC(=O)C(NC(=O)c1ccccc1)C(C)=O. The van der Waals surface area contributed by atoms with Crippen LogP contribution in [0.15, 0.2) is 30.3 Å². The van der Waals surface area contributed by atoms with Gasteiger partial charge in [-0.05, 0) is 19.1 Å². The van der Waals surface area contributed by atoms with Crippen LogP contribution in [0.1, 0.15) is 17.3 Å². The van der Waals surface area contributed by atoms with Crippen LogP contribution in [-0.4, -0.2) is 30.8 Å². The fourth-order valence-corrected chi connectivity index (χ4v) is 1.25. The van der Waals surface area contributed by atoms with Gasteiger partial charge in [-0.25, -0.2) is 4.79 Å². The molecule has 0 saturated carbocycles. The van der Waals surface area contributed by atoms with Crippen molar-refractivity contribution >= 4 is 17.7 Å². The number of amides is 1. The van der Waals surface area contributed by atoms with Crippen molar-refractivity contribution in [3.05, 3.63) is 35.9 Å². The first kappa shape index (κ1) is 12.9. The molecule has 5 heteroatoms.